The van der Waals surface area contributed by atoms with Crippen LogP contribution in [0, 0.1) is 0 Å². The van der Waals surface area contributed by atoms with E-state index in [1.807, 2.05) is 49.4 Å². The fourth-order valence-electron chi connectivity index (χ4n) is 3.39. The molecule has 3 aromatic rings. The van der Waals surface area contributed by atoms with Gasteiger partial charge >= 0.3 is 5.97 Å². The quantitative estimate of drug-likeness (QED) is 0.563. The second-order valence-electron chi connectivity index (χ2n) is 6.81. The zero-order valence-corrected chi connectivity index (χ0v) is 17.8. The van der Waals surface area contributed by atoms with Crippen molar-refractivity contribution in [3.8, 4) is 5.75 Å². The van der Waals surface area contributed by atoms with Crippen molar-refractivity contribution >= 4 is 51.3 Å². The van der Waals surface area contributed by atoms with Crippen LogP contribution in [0.1, 0.15) is 22.8 Å². The second-order valence-corrected chi connectivity index (χ2v) is 7.82. The molecule has 31 heavy (non-hydrogen) atoms. The largest absolute Gasteiger partial charge is 0.496 e. The summed E-state index contributed by atoms with van der Waals surface area (Å²) in [4.78, 5) is 30.8. The van der Waals surface area contributed by atoms with Crippen LogP contribution in [-0.4, -0.2) is 40.7 Å². The normalized spacial score (nSPS) is 16.5. The lowest BCUT2D eigenvalue weighted by Gasteiger charge is -2.12. The summed E-state index contributed by atoms with van der Waals surface area (Å²) >= 11 is 1.29. The Morgan fingerprint density at radius 1 is 1.13 bits per heavy atom. The highest BCUT2D eigenvalue weighted by Gasteiger charge is 2.32. The average Bonchev–Trinajstić information content (AvgIpc) is 3.08. The molecule has 156 valence electrons. The standard InChI is InChI=1S/C24H20N2O4S/c1-3-26-22(27)21(31-24(26)25-17-11-8-16(9-12-17)23(28)29)14-19-18-7-5-4-6-15(18)10-13-20(19)30-2/h4-14H,3H2,1-2H3,(H,28,29)/b21-14+,25-24?. The molecule has 0 aliphatic carbocycles. The third-order valence-electron chi connectivity index (χ3n) is 4.97. The van der Waals surface area contributed by atoms with Crippen molar-refractivity contribution in [2.75, 3.05) is 13.7 Å². The number of rotatable bonds is 5. The van der Waals surface area contributed by atoms with Gasteiger partial charge in [0.2, 0.25) is 0 Å². The fourth-order valence-corrected chi connectivity index (χ4v) is 4.44. The maximum absolute atomic E-state index is 13.1. The summed E-state index contributed by atoms with van der Waals surface area (Å²) in [7, 11) is 1.61. The smallest absolute Gasteiger partial charge is 0.335 e. The number of nitrogens with zero attached hydrogens (tertiary/aromatic N) is 2. The lowest BCUT2D eigenvalue weighted by atomic mass is 10.0. The molecule has 0 atom stereocenters. The van der Waals surface area contributed by atoms with Crippen LogP contribution >= 0.6 is 11.8 Å². The van der Waals surface area contributed by atoms with Gasteiger partial charge in [-0.15, -0.1) is 0 Å². The van der Waals surface area contributed by atoms with Crippen LogP contribution in [0.15, 0.2) is 70.6 Å². The number of thioether (sulfide) groups is 1. The van der Waals surface area contributed by atoms with Gasteiger partial charge in [0.25, 0.3) is 5.91 Å². The van der Waals surface area contributed by atoms with E-state index in [1.165, 1.54) is 23.9 Å². The number of amides is 1. The number of hydrogen-bond donors (Lipinski definition) is 1. The third kappa shape index (κ3) is 4.04. The van der Waals surface area contributed by atoms with E-state index in [4.69, 9.17) is 9.84 Å². The number of carboxylic acid groups (broad SMARTS) is 1. The number of fused-ring (bicyclic) bond motifs is 1. The Hall–Kier alpha value is -3.58. The number of amidine groups is 1. The first-order valence-corrected chi connectivity index (χ1v) is 10.5. The Balaban J connectivity index is 1.74. The number of carboxylic acids is 1. The molecule has 3 aromatic carbocycles. The molecule has 0 saturated carbocycles. The van der Waals surface area contributed by atoms with Gasteiger partial charge in [-0.3, -0.25) is 9.69 Å². The number of hydrogen-bond acceptors (Lipinski definition) is 5. The first-order chi connectivity index (χ1) is 15.0. The van der Waals surface area contributed by atoms with Crippen molar-refractivity contribution in [2.45, 2.75) is 6.92 Å². The highest BCUT2D eigenvalue weighted by atomic mass is 32.2. The number of ether oxygens (including phenoxy) is 1. The number of carbonyl (C=O) groups is 2. The van der Waals surface area contributed by atoms with E-state index in [2.05, 4.69) is 4.99 Å². The molecular weight excluding hydrogens is 412 g/mol. The molecule has 0 bridgehead atoms. The van der Waals surface area contributed by atoms with Crippen molar-refractivity contribution in [3.63, 3.8) is 0 Å². The number of likely N-dealkylation sites (N-methyl/N-ethyl adjacent to an activating group) is 1. The van der Waals surface area contributed by atoms with Crippen molar-refractivity contribution < 1.29 is 19.4 Å². The maximum atomic E-state index is 13.1. The zero-order valence-electron chi connectivity index (χ0n) is 17.0. The van der Waals surface area contributed by atoms with Gasteiger partial charge in [0.1, 0.15) is 5.75 Å². The Morgan fingerprint density at radius 3 is 2.55 bits per heavy atom. The van der Waals surface area contributed by atoms with Crippen LogP contribution in [0.4, 0.5) is 5.69 Å². The predicted octanol–water partition coefficient (Wildman–Crippen LogP) is 5.17. The van der Waals surface area contributed by atoms with Crippen LogP contribution in [0.3, 0.4) is 0 Å². The molecular formula is C24H20N2O4S. The van der Waals surface area contributed by atoms with Crippen LogP contribution < -0.4 is 4.74 Å². The molecule has 0 spiro atoms. The van der Waals surface area contributed by atoms with Crippen molar-refractivity contribution in [2.24, 2.45) is 4.99 Å². The lowest BCUT2D eigenvalue weighted by Crippen LogP contribution is -2.28. The molecule has 1 aliphatic heterocycles. The maximum Gasteiger partial charge on any atom is 0.335 e. The molecule has 1 N–H and O–H groups in total. The van der Waals surface area contributed by atoms with E-state index in [9.17, 15) is 9.59 Å². The van der Waals surface area contributed by atoms with Crippen molar-refractivity contribution in [1.82, 2.24) is 4.90 Å². The van der Waals surface area contributed by atoms with Gasteiger partial charge in [-0.1, -0.05) is 30.3 Å². The molecule has 1 heterocycles. The summed E-state index contributed by atoms with van der Waals surface area (Å²) in [6.07, 6.45) is 1.85. The number of benzene rings is 3. The highest BCUT2D eigenvalue weighted by Crippen LogP contribution is 2.37. The molecule has 0 aromatic heterocycles. The molecule has 1 fully saturated rings. The number of carbonyl (C=O) groups excluding carboxylic acids is 1. The minimum atomic E-state index is -0.992. The summed E-state index contributed by atoms with van der Waals surface area (Å²) in [5.41, 5.74) is 1.62. The van der Waals surface area contributed by atoms with Gasteiger partial charge in [-0.2, -0.15) is 0 Å². The van der Waals surface area contributed by atoms with Gasteiger partial charge in [-0.05, 0) is 65.9 Å². The van der Waals surface area contributed by atoms with Gasteiger partial charge in [0.05, 0.1) is 23.3 Å². The number of aromatic carboxylic acids is 1. The van der Waals surface area contributed by atoms with Gasteiger partial charge in [0, 0.05) is 12.1 Å². The minimum Gasteiger partial charge on any atom is -0.496 e. The molecule has 1 saturated heterocycles. The van der Waals surface area contributed by atoms with E-state index in [1.54, 1.807) is 24.1 Å². The first kappa shape index (κ1) is 20.7. The number of aliphatic imine (C=N–C) groups is 1. The van der Waals surface area contributed by atoms with E-state index in [0.717, 1.165) is 16.3 Å². The molecule has 1 aliphatic rings. The summed E-state index contributed by atoms with van der Waals surface area (Å²) in [6.45, 7) is 2.37. The summed E-state index contributed by atoms with van der Waals surface area (Å²) in [5.74, 6) is -0.422. The highest BCUT2D eigenvalue weighted by molar-refractivity contribution is 8.18. The lowest BCUT2D eigenvalue weighted by molar-refractivity contribution is -0.122. The minimum absolute atomic E-state index is 0.122. The summed E-state index contributed by atoms with van der Waals surface area (Å²) < 4.78 is 5.55. The molecule has 0 radical (unpaired) electrons. The SMILES string of the molecule is CCN1C(=O)/C(=C\c2c(OC)ccc3ccccc23)SC1=Nc1ccc(C(=O)O)cc1. The molecule has 4 rings (SSSR count). The van der Waals surface area contributed by atoms with Gasteiger partial charge < -0.3 is 9.84 Å². The zero-order chi connectivity index (χ0) is 22.0. The molecule has 0 unspecified atom stereocenters. The topological polar surface area (TPSA) is 79.2 Å². The molecule has 6 nitrogen and oxygen atoms in total. The van der Waals surface area contributed by atoms with Crippen molar-refractivity contribution in [3.05, 3.63) is 76.7 Å². The van der Waals surface area contributed by atoms with E-state index < -0.39 is 5.97 Å². The van der Waals surface area contributed by atoms with E-state index in [-0.39, 0.29) is 11.5 Å². The Labute approximate surface area is 183 Å². The van der Waals surface area contributed by atoms with Crippen LogP contribution in [-0.2, 0) is 4.79 Å². The average molecular weight is 433 g/mol. The Kier molecular flexibility index (Phi) is 5.77. The first-order valence-electron chi connectivity index (χ1n) is 9.71. The van der Waals surface area contributed by atoms with E-state index >= 15 is 0 Å². The number of methoxy groups -OCH3 is 1. The Bertz CT molecular complexity index is 1230. The van der Waals surface area contributed by atoms with Crippen LogP contribution in [0.5, 0.6) is 5.75 Å². The van der Waals surface area contributed by atoms with Gasteiger partial charge in [0.15, 0.2) is 5.17 Å². The summed E-state index contributed by atoms with van der Waals surface area (Å²) in [5, 5.41) is 11.7. The van der Waals surface area contributed by atoms with Crippen LogP contribution in [0.2, 0.25) is 0 Å². The van der Waals surface area contributed by atoms with E-state index in [0.29, 0.717) is 28.1 Å². The van der Waals surface area contributed by atoms with Gasteiger partial charge in [-0.25, -0.2) is 9.79 Å². The molecule has 1 amide bonds. The predicted molar refractivity (Wildman–Crippen MR) is 124 cm³/mol. The van der Waals surface area contributed by atoms with Crippen molar-refractivity contribution in [1.29, 1.82) is 0 Å². The Morgan fingerprint density at radius 2 is 1.87 bits per heavy atom. The van der Waals surface area contributed by atoms with Crippen LogP contribution in [0.25, 0.3) is 16.8 Å². The summed E-state index contributed by atoms with van der Waals surface area (Å²) in [6, 6.07) is 18.1. The second kappa shape index (κ2) is 8.65. The fraction of sp³-hybridized carbons (Fsp3) is 0.125. The molecule has 7 heteroatoms. The third-order valence-corrected chi connectivity index (χ3v) is 5.98. The monoisotopic (exact) mass is 432 g/mol.